The lowest BCUT2D eigenvalue weighted by atomic mass is 9.98. The van der Waals surface area contributed by atoms with Gasteiger partial charge in [-0.15, -0.1) is 0 Å². The van der Waals surface area contributed by atoms with Gasteiger partial charge in [-0.3, -0.25) is 0 Å². The zero-order valence-electron chi connectivity index (χ0n) is 7.72. The van der Waals surface area contributed by atoms with Crippen LogP contribution in [0.1, 0.15) is 22.3 Å². The molecule has 1 aromatic carbocycles. The summed E-state index contributed by atoms with van der Waals surface area (Å²) in [6.45, 7) is 5.41. The number of hydrogen-bond acceptors (Lipinski definition) is 2. The summed E-state index contributed by atoms with van der Waals surface area (Å²) in [5, 5.41) is 0. The van der Waals surface area contributed by atoms with Crippen molar-refractivity contribution in [3.05, 3.63) is 34.4 Å². The maximum atomic E-state index is 5.58. The molecule has 0 spiro atoms. The summed E-state index contributed by atoms with van der Waals surface area (Å²) in [5.74, 6) is 0. The van der Waals surface area contributed by atoms with Crippen LogP contribution >= 0.6 is 0 Å². The standard InChI is InChI=1S/C10H16N2/c1-7-8(2)10(6-12)4-3-9(7)5-11/h3-4H,5-6,11-12H2,1-2H3. The van der Waals surface area contributed by atoms with E-state index in [1.54, 1.807) is 0 Å². The molecule has 0 unspecified atom stereocenters. The van der Waals surface area contributed by atoms with Gasteiger partial charge in [0.1, 0.15) is 0 Å². The summed E-state index contributed by atoms with van der Waals surface area (Å²) in [7, 11) is 0. The topological polar surface area (TPSA) is 52.0 Å². The van der Waals surface area contributed by atoms with Gasteiger partial charge in [0.05, 0.1) is 0 Å². The fraction of sp³-hybridized carbons (Fsp3) is 0.400. The number of hydrogen-bond donors (Lipinski definition) is 2. The Morgan fingerprint density at radius 1 is 0.917 bits per heavy atom. The highest BCUT2D eigenvalue weighted by molar-refractivity contribution is 5.39. The first kappa shape index (κ1) is 9.23. The van der Waals surface area contributed by atoms with Crippen molar-refractivity contribution in [3.8, 4) is 0 Å². The molecule has 0 fully saturated rings. The Morgan fingerprint density at radius 3 is 1.50 bits per heavy atom. The molecule has 1 rings (SSSR count). The van der Waals surface area contributed by atoms with Crippen LogP contribution in [0.4, 0.5) is 0 Å². The lowest BCUT2D eigenvalue weighted by Crippen LogP contribution is -2.05. The van der Waals surface area contributed by atoms with Gasteiger partial charge < -0.3 is 11.5 Å². The minimum Gasteiger partial charge on any atom is -0.326 e. The van der Waals surface area contributed by atoms with Crippen LogP contribution in [0.3, 0.4) is 0 Å². The lowest BCUT2D eigenvalue weighted by molar-refractivity contribution is 0.997. The van der Waals surface area contributed by atoms with E-state index in [1.807, 2.05) is 0 Å². The van der Waals surface area contributed by atoms with Crippen LogP contribution in [0.2, 0.25) is 0 Å². The zero-order chi connectivity index (χ0) is 9.14. The molecular weight excluding hydrogens is 148 g/mol. The third-order valence-electron chi connectivity index (χ3n) is 2.45. The molecular formula is C10H16N2. The lowest BCUT2D eigenvalue weighted by Gasteiger charge is -2.10. The largest absolute Gasteiger partial charge is 0.326 e. The summed E-state index contributed by atoms with van der Waals surface area (Å²) >= 11 is 0. The Labute approximate surface area is 73.6 Å². The molecule has 0 aliphatic rings. The van der Waals surface area contributed by atoms with E-state index in [-0.39, 0.29) is 0 Å². The second-order valence-electron chi connectivity index (χ2n) is 3.04. The molecule has 2 nitrogen and oxygen atoms in total. The smallest absolute Gasteiger partial charge is 0.0180 e. The Hall–Kier alpha value is -0.860. The minimum absolute atomic E-state index is 0.609. The van der Waals surface area contributed by atoms with Gasteiger partial charge in [0.15, 0.2) is 0 Å². The van der Waals surface area contributed by atoms with E-state index in [9.17, 15) is 0 Å². The quantitative estimate of drug-likeness (QED) is 0.690. The molecule has 1 aromatic rings. The maximum Gasteiger partial charge on any atom is 0.0180 e. The Bertz CT molecular complexity index is 250. The van der Waals surface area contributed by atoms with Crippen molar-refractivity contribution in [2.75, 3.05) is 0 Å². The van der Waals surface area contributed by atoms with Crippen LogP contribution in [-0.2, 0) is 13.1 Å². The summed E-state index contributed by atoms with van der Waals surface area (Å²) in [6, 6.07) is 4.12. The van der Waals surface area contributed by atoms with E-state index in [0.717, 1.165) is 0 Å². The maximum absolute atomic E-state index is 5.58. The van der Waals surface area contributed by atoms with E-state index in [4.69, 9.17) is 11.5 Å². The van der Waals surface area contributed by atoms with E-state index in [1.165, 1.54) is 22.3 Å². The molecule has 0 bridgehead atoms. The van der Waals surface area contributed by atoms with Crippen molar-refractivity contribution in [2.24, 2.45) is 11.5 Å². The van der Waals surface area contributed by atoms with Crippen LogP contribution in [0.25, 0.3) is 0 Å². The predicted octanol–water partition coefficient (Wildman–Crippen LogP) is 1.22. The molecule has 0 aliphatic carbocycles. The zero-order valence-corrected chi connectivity index (χ0v) is 7.72. The van der Waals surface area contributed by atoms with Gasteiger partial charge in [0.2, 0.25) is 0 Å². The highest BCUT2D eigenvalue weighted by Crippen LogP contribution is 2.16. The molecule has 0 aliphatic heterocycles. The van der Waals surface area contributed by atoms with Gasteiger partial charge in [0, 0.05) is 13.1 Å². The fourth-order valence-corrected chi connectivity index (χ4v) is 1.38. The molecule has 0 atom stereocenters. The third kappa shape index (κ3) is 1.49. The average molecular weight is 164 g/mol. The van der Waals surface area contributed by atoms with Gasteiger partial charge in [-0.2, -0.15) is 0 Å². The van der Waals surface area contributed by atoms with Crippen molar-refractivity contribution >= 4 is 0 Å². The number of rotatable bonds is 2. The van der Waals surface area contributed by atoms with Gasteiger partial charge >= 0.3 is 0 Å². The third-order valence-corrected chi connectivity index (χ3v) is 2.45. The second-order valence-corrected chi connectivity index (χ2v) is 3.04. The van der Waals surface area contributed by atoms with E-state index in [0.29, 0.717) is 13.1 Å². The predicted molar refractivity (Wildman–Crippen MR) is 51.7 cm³/mol. The fourth-order valence-electron chi connectivity index (χ4n) is 1.38. The van der Waals surface area contributed by atoms with Gasteiger partial charge in [-0.1, -0.05) is 12.1 Å². The van der Waals surface area contributed by atoms with Crippen molar-refractivity contribution in [3.63, 3.8) is 0 Å². The monoisotopic (exact) mass is 164 g/mol. The molecule has 0 amide bonds. The second kappa shape index (κ2) is 3.70. The SMILES string of the molecule is Cc1c(CN)ccc(CN)c1C. The number of nitrogens with two attached hydrogens (primary N) is 2. The highest BCUT2D eigenvalue weighted by Gasteiger charge is 2.02. The minimum atomic E-state index is 0.609. The molecule has 0 heterocycles. The van der Waals surface area contributed by atoms with E-state index >= 15 is 0 Å². The van der Waals surface area contributed by atoms with Crippen LogP contribution < -0.4 is 11.5 Å². The normalized spacial score (nSPS) is 10.3. The molecule has 12 heavy (non-hydrogen) atoms. The van der Waals surface area contributed by atoms with Gasteiger partial charge in [-0.25, -0.2) is 0 Å². The summed E-state index contributed by atoms with van der Waals surface area (Å²) < 4.78 is 0. The van der Waals surface area contributed by atoms with Crippen LogP contribution in [0.5, 0.6) is 0 Å². The Morgan fingerprint density at radius 2 is 1.25 bits per heavy atom. The first-order valence-corrected chi connectivity index (χ1v) is 4.18. The van der Waals surface area contributed by atoms with Gasteiger partial charge in [-0.05, 0) is 36.1 Å². The average Bonchev–Trinajstić information content (AvgIpc) is 2.10. The Balaban J connectivity index is 3.20. The summed E-state index contributed by atoms with van der Waals surface area (Å²) in [5.41, 5.74) is 16.1. The van der Waals surface area contributed by atoms with Crippen LogP contribution in [0.15, 0.2) is 12.1 Å². The molecule has 66 valence electrons. The number of benzene rings is 1. The van der Waals surface area contributed by atoms with Crippen LogP contribution in [0, 0.1) is 13.8 Å². The first-order chi connectivity index (χ1) is 5.70. The molecule has 0 aromatic heterocycles. The first-order valence-electron chi connectivity index (χ1n) is 4.18. The summed E-state index contributed by atoms with van der Waals surface area (Å²) in [6.07, 6.45) is 0. The highest BCUT2D eigenvalue weighted by atomic mass is 14.5. The molecule has 0 saturated heterocycles. The Kier molecular flexibility index (Phi) is 2.84. The molecule has 0 radical (unpaired) electrons. The van der Waals surface area contributed by atoms with E-state index < -0.39 is 0 Å². The van der Waals surface area contributed by atoms with Crippen molar-refractivity contribution < 1.29 is 0 Å². The molecule has 2 heteroatoms. The molecule has 0 saturated carbocycles. The van der Waals surface area contributed by atoms with Crippen molar-refractivity contribution in [1.82, 2.24) is 0 Å². The van der Waals surface area contributed by atoms with Crippen LogP contribution in [-0.4, -0.2) is 0 Å². The van der Waals surface area contributed by atoms with Crippen molar-refractivity contribution in [1.29, 1.82) is 0 Å². The molecule has 4 N–H and O–H groups in total. The van der Waals surface area contributed by atoms with E-state index in [2.05, 4.69) is 26.0 Å². The van der Waals surface area contributed by atoms with Crippen molar-refractivity contribution in [2.45, 2.75) is 26.9 Å². The summed E-state index contributed by atoms with van der Waals surface area (Å²) in [4.78, 5) is 0. The van der Waals surface area contributed by atoms with Gasteiger partial charge in [0.25, 0.3) is 0 Å².